The number of amides is 1. The molecule has 0 saturated heterocycles. The van der Waals surface area contributed by atoms with Crippen molar-refractivity contribution in [3.8, 4) is 5.75 Å². The molecule has 1 aliphatic heterocycles. The maximum absolute atomic E-state index is 14.0. The van der Waals surface area contributed by atoms with Gasteiger partial charge in [0, 0.05) is 17.0 Å². The maximum atomic E-state index is 14.0. The third kappa shape index (κ3) is 3.59. The van der Waals surface area contributed by atoms with Gasteiger partial charge in [-0.1, -0.05) is 0 Å². The van der Waals surface area contributed by atoms with Gasteiger partial charge in [-0.25, -0.2) is 9.18 Å². The summed E-state index contributed by atoms with van der Waals surface area (Å²) in [7, 11) is 1.58. The number of nitrogens with one attached hydrogen (secondary N) is 1. The fourth-order valence-corrected chi connectivity index (χ4v) is 3.43. The normalized spacial score (nSPS) is 18.3. The number of hydrogen-bond acceptors (Lipinski definition) is 4. The first kappa shape index (κ1) is 19.9. The van der Waals surface area contributed by atoms with E-state index in [0.717, 1.165) is 22.5 Å². The summed E-state index contributed by atoms with van der Waals surface area (Å²) >= 11 is 0. The second-order valence-electron chi connectivity index (χ2n) is 8.03. The van der Waals surface area contributed by atoms with Crippen molar-refractivity contribution in [1.29, 1.82) is 0 Å². The van der Waals surface area contributed by atoms with Crippen LogP contribution >= 0.6 is 0 Å². The summed E-state index contributed by atoms with van der Waals surface area (Å²) in [5.41, 5.74) is 2.37. The Labute approximate surface area is 164 Å². The van der Waals surface area contributed by atoms with Crippen molar-refractivity contribution in [2.45, 2.75) is 45.6 Å². The van der Waals surface area contributed by atoms with Crippen LogP contribution in [-0.4, -0.2) is 24.5 Å². The van der Waals surface area contributed by atoms with Crippen LogP contribution < -0.4 is 10.1 Å². The zero-order valence-corrected chi connectivity index (χ0v) is 17.0. The van der Waals surface area contributed by atoms with Crippen LogP contribution in [0.2, 0.25) is 0 Å². The number of ether oxygens (including phenoxy) is 2. The Balaban J connectivity index is 2.06. The molecule has 0 radical (unpaired) electrons. The zero-order valence-electron chi connectivity index (χ0n) is 17.0. The van der Waals surface area contributed by atoms with E-state index in [1.807, 2.05) is 19.9 Å². The van der Waals surface area contributed by atoms with Crippen LogP contribution in [0.5, 0.6) is 5.75 Å². The predicted molar refractivity (Wildman–Crippen MR) is 108 cm³/mol. The number of benzene rings is 2. The summed E-state index contributed by atoms with van der Waals surface area (Å²) in [6.45, 7) is 9.29. The molecule has 0 aromatic heterocycles. The van der Waals surface area contributed by atoms with Crippen molar-refractivity contribution < 1.29 is 18.7 Å². The molecule has 1 heterocycles. The van der Waals surface area contributed by atoms with E-state index in [9.17, 15) is 9.18 Å². The van der Waals surface area contributed by atoms with Crippen LogP contribution in [0.25, 0.3) is 0 Å². The minimum absolute atomic E-state index is 0.322. The highest BCUT2D eigenvalue weighted by Gasteiger charge is 2.41. The fourth-order valence-electron chi connectivity index (χ4n) is 3.43. The lowest BCUT2D eigenvalue weighted by atomic mass is 9.73. The monoisotopic (exact) mass is 384 g/mol. The van der Waals surface area contributed by atoms with Gasteiger partial charge in [0.15, 0.2) is 0 Å². The Morgan fingerprint density at radius 3 is 2.50 bits per heavy atom. The van der Waals surface area contributed by atoms with Crippen molar-refractivity contribution in [1.82, 2.24) is 0 Å². The lowest BCUT2D eigenvalue weighted by molar-refractivity contribution is 0.0636. The highest BCUT2D eigenvalue weighted by atomic mass is 19.1. The number of carbonyl (C=O) groups is 1. The predicted octanol–water partition coefficient (Wildman–Crippen LogP) is 5.59. The van der Waals surface area contributed by atoms with E-state index in [1.54, 1.807) is 46.1 Å². The van der Waals surface area contributed by atoms with Gasteiger partial charge in [-0.15, -0.1) is 0 Å². The second kappa shape index (κ2) is 6.93. The van der Waals surface area contributed by atoms with Gasteiger partial charge in [0.2, 0.25) is 0 Å². The average Bonchev–Trinajstić information content (AvgIpc) is 2.85. The summed E-state index contributed by atoms with van der Waals surface area (Å²) in [6.07, 6.45) is -0.544. The van der Waals surface area contributed by atoms with Gasteiger partial charge in [-0.2, -0.15) is 0 Å². The van der Waals surface area contributed by atoms with Crippen LogP contribution in [-0.2, 0) is 10.2 Å². The number of fused-ring (bicyclic) bond motifs is 1. The van der Waals surface area contributed by atoms with Gasteiger partial charge >= 0.3 is 6.09 Å². The minimum atomic E-state index is -0.686. The maximum Gasteiger partial charge on any atom is 0.412 e. The van der Waals surface area contributed by atoms with Crippen molar-refractivity contribution in [2.75, 3.05) is 12.4 Å². The van der Waals surface area contributed by atoms with Crippen LogP contribution in [0.3, 0.4) is 0 Å². The molecule has 1 N–H and O–H groups in total. The number of hydrogen-bond donors (Lipinski definition) is 1. The number of halogens is 1. The second-order valence-corrected chi connectivity index (χ2v) is 8.03. The Morgan fingerprint density at radius 1 is 1.14 bits per heavy atom. The fraction of sp³-hybridized carbons (Fsp3) is 0.364. The number of aliphatic imine (C=N–C) groups is 1. The third-order valence-electron chi connectivity index (χ3n) is 4.89. The molecule has 1 aliphatic rings. The van der Waals surface area contributed by atoms with Crippen molar-refractivity contribution in [2.24, 2.45) is 4.99 Å². The van der Waals surface area contributed by atoms with Crippen LogP contribution in [0.15, 0.2) is 41.4 Å². The van der Waals surface area contributed by atoms with E-state index in [2.05, 4.69) is 10.3 Å². The molecule has 0 aliphatic carbocycles. The van der Waals surface area contributed by atoms with Crippen LogP contribution in [0.1, 0.15) is 45.7 Å². The molecule has 6 heteroatoms. The Kier molecular flexibility index (Phi) is 4.91. The van der Waals surface area contributed by atoms with Crippen molar-refractivity contribution in [3.05, 3.63) is 53.3 Å². The Hall–Kier alpha value is -2.89. The van der Waals surface area contributed by atoms with Gasteiger partial charge in [-0.3, -0.25) is 10.3 Å². The topological polar surface area (TPSA) is 59.9 Å². The van der Waals surface area contributed by atoms with Gasteiger partial charge in [-0.05, 0) is 76.6 Å². The van der Waals surface area contributed by atoms with E-state index < -0.39 is 17.1 Å². The molecule has 2 aromatic carbocycles. The molecule has 1 atom stereocenters. The van der Waals surface area contributed by atoms with Gasteiger partial charge < -0.3 is 9.47 Å². The Morgan fingerprint density at radius 2 is 1.86 bits per heavy atom. The highest BCUT2D eigenvalue weighted by molar-refractivity contribution is 6.03. The van der Waals surface area contributed by atoms with E-state index in [0.29, 0.717) is 11.4 Å². The van der Waals surface area contributed by atoms with Gasteiger partial charge in [0.1, 0.15) is 17.2 Å². The van der Waals surface area contributed by atoms with Gasteiger partial charge in [0.05, 0.1) is 18.2 Å². The molecule has 2 aromatic rings. The lowest BCUT2D eigenvalue weighted by Crippen LogP contribution is -2.30. The summed E-state index contributed by atoms with van der Waals surface area (Å²) in [6, 6.07) is 9.92. The smallest absolute Gasteiger partial charge is 0.412 e. The molecule has 28 heavy (non-hydrogen) atoms. The highest BCUT2D eigenvalue weighted by Crippen LogP contribution is 2.48. The number of anilines is 1. The molecule has 0 spiro atoms. The number of nitrogens with zero attached hydrogens (tertiary/aromatic N) is 1. The van der Waals surface area contributed by atoms with Crippen molar-refractivity contribution >= 4 is 23.2 Å². The van der Waals surface area contributed by atoms with E-state index in [4.69, 9.17) is 9.47 Å². The van der Waals surface area contributed by atoms with E-state index >= 15 is 0 Å². The number of methoxy groups -OCH3 is 1. The van der Waals surface area contributed by atoms with Crippen LogP contribution in [0, 0.1) is 5.82 Å². The molecule has 0 bridgehead atoms. The first-order chi connectivity index (χ1) is 13.0. The zero-order chi connectivity index (χ0) is 20.7. The molecule has 0 unspecified atom stereocenters. The number of rotatable bonds is 3. The minimum Gasteiger partial charge on any atom is -0.496 e. The molecular formula is C22H25FN2O3. The first-order valence-electron chi connectivity index (χ1n) is 9.09. The molecule has 3 rings (SSSR count). The first-order valence-corrected chi connectivity index (χ1v) is 9.09. The summed E-state index contributed by atoms with van der Waals surface area (Å²) in [5, 5.41) is 2.75. The molecule has 1 amide bonds. The summed E-state index contributed by atoms with van der Waals surface area (Å²) < 4.78 is 24.9. The summed E-state index contributed by atoms with van der Waals surface area (Å²) in [4.78, 5) is 16.8. The van der Waals surface area contributed by atoms with Gasteiger partial charge in [0.25, 0.3) is 0 Å². The Bertz CT molecular complexity index is 963. The van der Waals surface area contributed by atoms with Crippen LogP contribution in [0.4, 0.5) is 20.6 Å². The average molecular weight is 384 g/mol. The summed E-state index contributed by atoms with van der Waals surface area (Å²) in [5.74, 6) is 0.306. The third-order valence-corrected chi connectivity index (χ3v) is 4.89. The molecule has 0 fully saturated rings. The largest absolute Gasteiger partial charge is 0.496 e. The lowest BCUT2D eigenvalue weighted by Gasteiger charge is -2.29. The SMILES string of the molecule is COc1ccc(NC(=O)OC(C)(C)C)cc1[C@@]1(C)C(C)=Nc2ccc(F)cc21. The quantitative estimate of drug-likeness (QED) is 0.750. The molecule has 148 valence electrons. The number of carbonyl (C=O) groups excluding carboxylic acids is 1. The van der Waals surface area contributed by atoms with E-state index in [-0.39, 0.29) is 5.82 Å². The molecule has 0 saturated carbocycles. The molecular weight excluding hydrogens is 359 g/mol. The standard InChI is InChI=1S/C22H25FN2O3/c1-13-22(5,16-11-14(23)7-9-18(16)24-13)17-12-15(8-10-19(17)27-6)25-20(26)28-21(2,3)4/h7-12H,1-6H3,(H,25,26)/t22-/m0/s1. The van der Waals surface area contributed by atoms with E-state index in [1.165, 1.54) is 12.1 Å². The molecule has 5 nitrogen and oxygen atoms in total. The van der Waals surface area contributed by atoms with Crippen molar-refractivity contribution in [3.63, 3.8) is 0 Å².